The molecule has 1 N–H and O–H groups in total. The van der Waals surface area contributed by atoms with E-state index in [1.54, 1.807) is 0 Å². The van der Waals surface area contributed by atoms with Crippen LogP contribution in [0.25, 0.3) is 10.6 Å². The number of aryl methyl sites for hydroxylation is 2. The van der Waals surface area contributed by atoms with Gasteiger partial charge in [-0.15, -0.1) is 11.3 Å². The van der Waals surface area contributed by atoms with Gasteiger partial charge in [-0.1, -0.05) is 32.0 Å². The first-order valence-electron chi connectivity index (χ1n) is 6.22. The topological polar surface area (TPSA) is 50.2 Å². The molecule has 1 aromatic carbocycles. The molecule has 0 aliphatic rings. The Bertz CT molecular complexity index is 609. The maximum Gasteiger partial charge on any atom is 0.347 e. The predicted octanol–water partition coefficient (Wildman–Crippen LogP) is 4.25. The standard InChI is InChI=1S/C15H17NO2S/c1-8(2)12-13(15(17)18)19-14(16-12)11-9(3)6-5-7-10(11)4/h5-8H,1-4H3,(H,17,18). The largest absolute Gasteiger partial charge is 0.477 e. The lowest BCUT2D eigenvalue weighted by molar-refractivity contribution is 0.0700. The highest BCUT2D eigenvalue weighted by molar-refractivity contribution is 7.17. The van der Waals surface area contributed by atoms with Gasteiger partial charge in [-0.3, -0.25) is 0 Å². The number of benzene rings is 1. The molecular formula is C15H17NO2S. The Balaban J connectivity index is 2.64. The Labute approximate surface area is 116 Å². The summed E-state index contributed by atoms with van der Waals surface area (Å²) in [6.07, 6.45) is 0. The molecule has 0 amide bonds. The van der Waals surface area contributed by atoms with Crippen LogP contribution in [0, 0.1) is 13.8 Å². The summed E-state index contributed by atoms with van der Waals surface area (Å²) >= 11 is 1.27. The molecular weight excluding hydrogens is 258 g/mol. The maximum absolute atomic E-state index is 11.3. The van der Waals surface area contributed by atoms with Crippen molar-refractivity contribution in [2.24, 2.45) is 0 Å². The lowest BCUT2D eigenvalue weighted by atomic mass is 10.0. The van der Waals surface area contributed by atoms with Crippen LogP contribution in [0.5, 0.6) is 0 Å². The molecule has 1 aromatic heterocycles. The normalized spacial score (nSPS) is 11.0. The molecule has 19 heavy (non-hydrogen) atoms. The van der Waals surface area contributed by atoms with E-state index in [4.69, 9.17) is 0 Å². The van der Waals surface area contributed by atoms with Gasteiger partial charge in [-0.05, 0) is 30.9 Å². The van der Waals surface area contributed by atoms with Gasteiger partial charge in [0, 0.05) is 5.56 Å². The van der Waals surface area contributed by atoms with Crippen LogP contribution in [0.3, 0.4) is 0 Å². The zero-order valence-electron chi connectivity index (χ0n) is 11.5. The van der Waals surface area contributed by atoms with Gasteiger partial charge in [0.25, 0.3) is 0 Å². The minimum Gasteiger partial charge on any atom is -0.477 e. The zero-order chi connectivity index (χ0) is 14.2. The van der Waals surface area contributed by atoms with E-state index in [0.29, 0.717) is 10.6 Å². The Morgan fingerprint density at radius 3 is 2.26 bits per heavy atom. The number of carboxylic acid groups (broad SMARTS) is 1. The molecule has 4 heteroatoms. The Kier molecular flexibility index (Phi) is 3.71. The second-order valence-electron chi connectivity index (χ2n) is 4.96. The third kappa shape index (κ3) is 2.54. The van der Waals surface area contributed by atoms with Crippen molar-refractivity contribution in [2.45, 2.75) is 33.6 Å². The van der Waals surface area contributed by atoms with Gasteiger partial charge in [0.15, 0.2) is 0 Å². The molecule has 0 spiro atoms. The molecule has 0 bridgehead atoms. The van der Waals surface area contributed by atoms with Crippen LogP contribution < -0.4 is 0 Å². The second-order valence-corrected chi connectivity index (χ2v) is 5.96. The lowest BCUT2D eigenvalue weighted by Gasteiger charge is -2.06. The highest BCUT2D eigenvalue weighted by atomic mass is 32.1. The molecule has 0 saturated carbocycles. The van der Waals surface area contributed by atoms with E-state index in [1.807, 2.05) is 45.9 Å². The van der Waals surface area contributed by atoms with Crippen molar-refractivity contribution in [1.29, 1.82) is 0 Å². The molecule has 100 valence electrons. The summed E-state index contributed by atoms with van der Waals surface area (Å²) in [6, 6.07) is 6.06. The van der Waals surface area contributed by atoms with Gasteiger partial charge in [-0.25, -0.2) is 9.78 Å². The average Bonchev–Trinajstić information content (AvgIpc) is 2.73. The zero-order valence-corrected chi connectivity index (χ0v) is 12.3. The molecule has 0 unspecified atom stereocenters. The van der Waals surface area contributed by atoms with Crippen LogP contribution in [0.1, 0.15) is 46.3 Å². The van der Waals surface area contributed by atoms with Gasteiger partial charge in [0.2, 0.25) is 0 Å². The van der Waals surface area contributed by atoms with Crippen LogP contribution in [0.2, 0.25) is 0 Å². The fraction of sp³-hybridized carbons (Fsp3) is 0.333. The molecule has 1 heterocycles. The van der Waals surface area contributed by atoms with Gasteiger partial charge in [0.1, 0.15) is 9.88 Å². The molecule has 0 saturated heterocycles. The molecule has 0 aliphatic carbocycles. The molecule has 2 rings (SSSR count). The highest BCUT2D eigenvalue weighted by Gasteiger charge is 2.21. The van der Waals surface area contributed by atoms with Crippen molar-refractivity contribution in [3.05, 3.63) is 39.9 Å². The minimum atomic E-state index is -0.890. The van der Waals surface area contributed by atoms with E-state index in [1.165, 1.54) is 11.3 Å². The number of aromatic carboxylic acids is 1. The molecule has 0 radical (unpaired) electrons. The molecule has 0 fully saturated rings. The molecule has 3 nitrogen and oxygen atoms in total. The van der Waals surface area contributed by atoms with Crippen LogP contribution >= 0.6 is 11.3 Å². The number of rotatable bonds is 3. The Morgan fingerprint density at radius 1 is 1.26 bits per heavy atom. The van der Waals surface area contributed by atoms with Crippen LogP contribution in [-0.4, -0.2) is 16.1 Å². The number of carbonyl (C=O) groups is 1. The van der Waals surface area contributed by atoms with Crippen LogP contribution in [0.15, 0.2) is 18.2 Å². The molecule has 0 aliphatic heterocycles. The number of carboxylic acids is 1. The van der Waals surface area contributed by atoms with Gasteiger partial charge < -0.3 is 5.11 Å². The van der Waals surface area contributed by atoms with Crippen molar-refractivity contribution in [1.82, 2.24) is 4.98 Å². The number of aromatic nitrogens is 1. The predicted molar refractivity (Wildman–Crippen MR) is 78.1 cm³/mol. The fourth-order valence-corrected chi connectivity index (χ4v) is 3.37. The van der Waals surface area contributed by atoms with Crippen molar-refractivity contribution in [2.75, 3.05) is 0 Å². The number of hydrogen-bond donors (Lipinski definition) is 1. The van der Waals surface area contributed by atoms with Crippen molar-refractivity contribution >= 4 is 17.3 Å². The first-order valence-corrected chi connectivity index (χ1v) is 7.04. The summed E-state index contributed by atoms with van der Waals surface area (Å²) in [6.45, 7) is 7.99. The fourth-order valence-electron chi connectivity index (χ4n) is 2.14. The highest BCUT2D eigenvalue weighted by Crippen LogP contribution is 2.35. The smallest absolute Gasteiger partial charge is 0.347 e. The summed E-state index contributed by atoms with van der Waals surface area (Å²) in [5.41, 5.74) is 3.99. The quantitative estimate of drug-likeness (QED) is 0.911. The number of thiazole rings is 1. The maximum atomic E-state index is 11.3. The van der Waals surface area contributed by atoms with E-state index in [0.717, 1.165) is 21.7 Å². The average molecular weight is 275 g/mol. The van der Waals surface area contributed by atoms with Crippen molar-refractivity contribution < 1.29 is 9.90 Å². The summed E-state index contributed by atoms with van der Waals surface area (Å²) in [5.74, 6) is -0.779. The van der Waals surface area contributed by atoms with Gasteiger partial charge in [-0.2, -0.15) is 0 Å². The van der Waals surface area contributed by atoms with E-state index in [-0.39, 0.29) is 5.92 Å². The van der Waals surface area contributed by atoms with Gasteiger partial charge >= 0.3 is 5.97 Å². The van der Waals surface area contributed by atoms with Crippen LogP contribution in [-0.2, 0) is 0 Å². The summed E-state index contributed by atoms with van der Waals surface area (Å²) in [7, 11) is 0. The van der Waals surface area contributed by atoms with E-state index in [9.17, 15) is 9.90 Å². The summed E-state index contributed by atoms with van der Waals surface area (Å²) in [4.78, 5) is 16.2. The number of nitrogens with zero attached hydrogens (tertiary/aromatic N) is 1. The van der Waals surface area contributed by atoms with E-state index < -0.39 is 5.97 Å². The summed E-state index contributed by atoms with van der Waals surface area (Å²) < 4.78 is 0. The van der Waals surface area contributed by atoms with Crippen molar-refractivity contribution in [3.8, 4) is 10.6 Å². The first kappa shape index (κ1) is 13.7. The van der Waals surface area contributed by atoms with Crippen LogP contribution in [0.4, 0.5) is 0 Å². The van der Waals surface area contributed by atoms with Gasteiger partial charge in [0.05, 0.1) is 5.69 Å². The third-order valence-corrected chi connectivity index (χ3v) is 4.17. The second kappa shape index (κ2) is 5.13. The lowest BCUT2D eigenvalue weighted by Crippen LogP contribution is -2.00. The van der Waals surface area contributed by atoms with E-state index in [2.05, 4.69) is 4.98 Å². The van der Waals surface area contributed by atoms with Crippen molar-refractivity contribution in [3.63, 3.8) is 0 Å². The Morgan fingerprint density at radius 2 is 1.84 bits per heavy atom. The SMILES string of the molecule is Cc1cccc(C)c1-c1nc(C(C)C)c(C(=O)O)s1. The monoisotopic (exact) mass is 275 g/mol. The summed E-state index contributed by atoms with van der Waals surface area (Å²) in [5, 5.41) is 10.1. The molecule has 2 aromatic rings. The third-order valence-electron chi connectivity index (χ3n) is 3.09. The number of hydrogen-bond acceptors (Lipinski definition) is 3. The Hall–Kier alpha value is -1.68. The minimum absolute atomic E-state index is 0.112. The first-order chi connectivity index (χ1) is 8.91. The molecule has 0 atom stereocenters. The van der Waals surface area contributed by atoms with E-state index >= 15 is 0 Å².